The number of carbonyl (C=O) groups is 2. The smallest absolute Gasteiger partial charge is 0.341 e. The molecule has 0 aliphatic heterocycles. The maximum atomic E-state index is 12.8. The number of hydrogen-bond acceptors (Lipinski definition) is 6. The minimum absolute atomic E-state index is 0.168. The number of anilines is 1. The zero-order chi connectivity index (χ0) is 27.8. The molecule has 0 unspecified atom stereocenters. The second kappa shape index (κ2) is 13.3. The van der Waals surface area contributed by atoms with Crippen LogP contribution in [0, 0.1) is 0 Å². The van der Waals surface area contributed by atoms with Gasteiger partial charge in [-0.15, -0.1) is 11.3 Å². The normalized spacial score (nSPS) is 10.9. The molecule has 4 rings (SSSR count). The summed E-state index contributed by atoms with van der Waals surface area (Å²) in [6.45, 7) is 2.13. The summed E-state index contributed by atoms with van der Waals surface area (Å²) in [5.41, 5.74) is 3.29. The van der Waals surface area contributed by atoms with E-state index in [1.54, 1.807) is 49.4 Å². The lowest BCUT2D eigenvalue weighted by molar-refractivity contribution is -0.111. The Bertz CT molecular complexity index is 1480. The Morgan fingerprint density at radius 1 is 0.974 bits per heavy atom. The topological polar surface area (TPSA) is 73.9 Å². The molecule has 0 atom stereocenters. The lowest BCUT2D eigenvalue weighted by Gasteiger charge is -2.13. The molecule has 39 heavy (non-hydrogen) atoms. The van der Waals surface area contributed by atoms with E-state index in [0.29, 0.717) is 48.8 Å². The van der Waals surface area contributed by atoms with Crippen LogP contribution in [-0.4, -0.2) is 25.6 Å². The molecule has 200 valence electrons. The Hall–Kier alpha value is -3.78. The number of esters is 1. The van der Waals surface area contributed by atoms with Gasteiger partial charge in [-0.1, -0.05) is 65.7 Å². The van der Waals surface area contributed by atoms with Crippen molar-refractivity contribution in [2.75, 3.05) is 19.0 Å². The Kier molecular flexibility index (Phi) is 9.65. The number of ether oxygens (including phenoxy) is 3. The SMILES string of the molecule is CCOC(=O)c1c(-c2ccccc2)csc1NC(=O)/C=C/c1ccc(OCc2c(Cl)cccc2Cl)c(OC)c1. The number of carbonyl (C=O) groups excluding carboxylic acids is 2. The van der Waals surface area contributed by atoms with E-state index < -0.39 is 11.9 Å². The number of methoxy groups -OCH3 is 1. The van der Waals surface area contributed by atoms with Crippen LogP contribution < -0.4 is 14.8 Å². The summed E-state index contributed by atoms with van der Waals surface area (Å²) in [5.74, 6) is 0.0993. The molecule has 1 heterocycles. The van der Waals surface area contributed by atoms with Crippen molar-refractivity contribution in [3.8, 4) is 22.6 Å². The molecule has 0 saturated heterocycles. The summed E-state index contributed by atoms with van der Waals surface area (Å²) in [5, 5.41) is 6.09. The Labute approximate surface area is 240 Å². The fraction of sp³-hybridized carbons (Fsp3) is 0.133. The highest BCUT2D eigenvalue weighted by molar-refractivity contribution is 7.15. The first kappa shape index (κ1) is 28.2. The molecule has 4 aromatic rings. The third-order valence-corrected chi connectivity index (χ3v) is 7.24. The van der Waals surface area contributed by atoms with Gasteiger partial charge in [-0.25, -0.2) is 4.79 Å². The van der Waals surface area contributed by atoms with Gasteiger partial charge < -0.3 is 19.5 Å². The Balaban J connectivity index is 1.48. The number of benzene rings is 3. The number of thiophene rings is 1. The van der Waals surface area contributed by atoms with Gasteiger partial charge in [-0.2, -0.15) is 0 Å². The van der Waals surface area contributed by atoms with Crippen LogP contribution in [0.25, 0.3) is 17.2 Å². The molecule has 0 aliphatic rings. The third kappa shape index (κ3) is 7.00. The van der Waals surface area contributed by atoms with Crippen molar-refractivity contribution < 1.29 is 23.8 Å². The highest BCUT2D eigenvalue weighted by Gasteiger charge is 2.22. The van der Waals surface area contributed by atoms with Crippen LogP contribution in [-0.2, 0) is 16.1 Å². The number of nitrogens with one attached hydrogen (secondary N) is 1. The summed E-state index contributed by atoms with van der Waals surface area (Å²) in [6.07, 6.45) is 3.03. The zero-order valence-electron chi connectivity index (χ0n) is 21.2. The highest BCUT2D eigenvalue weighted by atomic mass is 35.5. The fourth-order valence-electron chi connectivity index (χ4n) is 3.74. The van der Waals surface area contributed by atoms with Crippen LogP contribution in [0.1, 0.15) is 28.4 Å². The number of hydrogen-bond donors (Lipinski definition) is 1. The van der Waals surface area contributed by atoms with E-state index in [4.69, 9.17) is 37.4 Å². The van der Waals surface area contributed by atoms with Gasteiger partial charge >= 0.3 is 5.97 Å². The fourth-order valence-corrected chi connectivity index (χ4v) is 5.21. The van der Waals surface area contributed by atoms with Gasteiger partial charge in [-0.3, -0.25) is 4.79 Å². The van der Waals surface area contributed by atoms with Gasteiger partial charge in [0.15, 0.2) is 11.5 Å². The predicted molar refractivity (Wildman–Crippen MR) is 157 cm³/mol. The Morgan fingerprint density at radius 2 is 1.72 bits per heavy atom. The first-order valence-corrected chi connectivity index (χ1v) is 13.6. The average molecular weight is 583 g/mol. The van der Waals surface area contributed by atoms with Gasteiger partial charge in [0.25, 0.3) is 0 Å². The molecule has 0 bridgehead atoms. The minimum Gasteiger partial charge on any atom is -0.493 e. The van der Waals surface area contributed by atoms with Crippen molar-refractivity contribution in [1.82, 2.24) is 0 Å². The lowest BCUT2D eigenvalue weighted by atomic mass is 10.0. The summed E-state index contributed by atoms with van der Waals surface area (Å²) >= 11 is 13.7. The van der Waals surface area contributed by atoms with E-state index in [1.807, 2.05) is 35.7 Å². The first-order chi connectivity index (χ1) is 18.9. The second-order valence-electron chi connectivity index (χ2n) is 8.16. The van der Waals surface area contributed by atoms with E-state index in [2.05, 4.69) is 5.32 Å². The minimum atomic E-state index is -0.490. The highest BCUT2D eigenvalue weighted by Crippen LogP contribution is 2.36. The maximum Gasteiger partial charge on any atom is 0.341 e. The number of rotatable bonds is 10. The van der Waals surface area contributed by atoms with Crippen LogP contribution in [0.5, 0.6) is 11.5 Å². The van der Waals surface area contributed by atoms with Gasteiger partial charge in [-0.05, 0) is 48.4 Å². The van der Waals surface area contributed by atoms with E-state index in [-0.39, 0.29) is 13.2 Å². The van der Waals surface area contributed by atoms with Crippen molar-refractivity contribution in [1.29, 1.82) is 0 Å². The molecule has 0 aliphatic carbocycles. The zero-order valence-corrected chi connectivity index (χ0v) is 23.5. The Morgan fingerprint density at radius 3 is 2.41 bits per heavy atom. The number of halogens is 2. The molecule has 6 nitrogen and oxygen atoms in total. The van der Waals surface area contributed by atoms with Crippen molar-refractivity contribution in [3.63, 3.8) is 0 Å². The van der Waals surface area contributed by atoms with Gasteiger partial charge in [0.2, 0.25) is 5.91 Å². The molecule has 1 aromatic heterocycles. The predicted octanol–water partition coefficient (Wildman–Crippen LogP) is 8.14. The molecule has 0 spiro atoms. The summed E-state index contributed by atoms with van der Waals surface area (Å²) in [7, 11) is 1.53. The van der Waals surface area contributed by atoms with Gasteiger partial charge in [0, 0.05) is 32.6 Å². The van der Waals surface area contributed by atoms with E-state index in [9.17, 15) is 9.59 Å². The lowest BCUT2D eigenvalue weighted by Crippen LogP contribution is -2.12. The maximum absolute atomic E-state index is 12.8. The standard InChI is InChI=1S/C30H25Cl2NO5S/c1-3-37-30(35)28-22(20-8-5-4-6-9-20)18-39-29(28)33-27(34)15-13-19-12-14-25(26(16-19)36-2)38-17-21-23(31)10-7-11-24(21)32/h4-16,18H,3,17H2,1-2H3,(H,33,34)/b15-13+. The van der Waals surface area contributed by atoms with Crippen LogP contribution in [0.4, 0.5) is 5.00 Å². The van der Waals surface area contributed by atoms with Gasteiger partial charge in [0.1, 0.15) is 17.2 Å². The summed E-state index contributed by atoms with van der Waals surface area (Å²) in [6, 6.07) is 20.0. The average Bonchev–Trinajstić information content (AvgIpc) is 3.36. The van der Waals surface area contributed by atoms with Crippen LogP contribution in [0.3, 0.4) is 0 Å². The molecule has 0 saturated carbocycles. The van der Waals surface area contributed by atoms with Crippen molar-refractivity contribution in [2.45, 2.75) is 13.5 Å². The molecule has 3 aromatic carbocycles. The van der Waals surface area contributed by atoms with Gasteiger partial charge in [0.05, 0.1) is 13.7 Å². The number of amides is 1. The molecule has 9 heteroatoms. The molecular formula is C30H25Cl2NO5S. The molecule has 1 N–H and O–H groups in total. The van der Waals surface area contributed by atoms with Crippen LogP contribution >= 0.6 is 34.5 Å². The molecule has 0 fully saturated rings. The first-order valence-electron chi connectivity index (χ1n) is 12.0. The monoisotopic (exact) mass is 581 g/mol. The summed E-state index contributed by atoms with van der Waals surface area (Å²) < 4.78 is 16.6. The van der Waals surface area contributed by atoms with Crippen molar-refractivity contribution >= 4 is 57.5 Å². The second-order valence-corrected chi connectivity index (χ2v) is 9.86. The van der Waals surface area contributed by atoms with Crippen molar-refractivity contribution in [2.24, 2.45) is 0 Å². The molecular weight excluding hydrogens is 557 g/mol. The van der Waals surface area contributed by atoms with Crippen LogP contribution in [0.15, 0.2) is 78.2 Å². The van der Waals surface area contributed by atoms with E-state index in [0.717, 1.165) is 5.56 Å². The van der Waals surface area contributed by atoms with Crippen molar-refractivity contribution in [3.05, 3.63) is 105 Å². The quantitative estimate of drug-likeness (QED) is 0.151. The van der Waals surface area contributed by atoms with E-state index in [1.165, 1.54) is 24.5 Å². The molecule has 1 amide bonds. The third-order valence-electron chi connectivity index (χ3n) is 5.64. The summed E-state index contributed by atoms with van der Waals surface area (Å²) in [4.78, 5) is 25.5. The van der Waals surface area contributed by atoms with E-state index >= 15 is 0 Å². The molecule has 0 radical (unpaired) electrons. The largest absolute Gasteiger partial charge is 0.493 e. The van der Waals surface area contributed by atoms with Crippen LogP contribution in [0.2, 0.25) is 10.0 Å².